The smallest absolute Gasteiger partial charge is 0.460 e. The van der Waals surface area contributed by atoms with Gasteiger partial charge in [-0.15, -0.1) is 9.97 Å². The van der Waals surface area contributed by atoms with Gasteiger partial charge in [-0.2, -0.15) is 213 Å². The van der Waals surface area contributed by atoms with E-state index >= 15 is 35.1 Å². The average molecular weight is 1860 g/mol. The van der Waals surface area contributed by atoms with Gasteiger partial charge < -0.3 is 38.2 Å². The summed E-state index contributed by atoms with van der Waals surface area (Å²) in [5.41, 5.74) is -4.68. The van der Waals surface area contributed by atoms with Gasteiger partial charge in [-0.05, 0) is 161 Å². The van der Waals surface area contributed by atoms with Crippen molar-refractivity contribution in [2.75, 3.05) is 49.4 Å². The molecule has 0 atom stereocenters. The zero-order valence-corrected chi connectivity index (χ0v) is 59.5. The van der Waals surface area contributed by atoms with Gasteiger partial charge in [0.05, 0.1) is 0 Å². The molecule has 8 aliphatic rings. The quantitative estimate of drug-likeness (QED) is 0.0404. The molecule has 0 saturated heterocycles. The zero-order chi connectivity index (χ0) is 92.3. The van der Waals surface area contributed by atoms with Gasteiger partial charge in [-0.1, -0.05) is 0 Å². The third-order valence-electron chi connectivity index (χ3n) is 21.2. The fourth-order valence-electron chi connectivity index (χ4n) is 16.0. The number of hydrogen-bond acceptors (Lipinski definition) is 14. The maximum Gasteiger partial charge on any atom is 0.460 e. The predicted molar refractivity (Wildman–Crippen MR) is 315 cm³/mol. The van der Waals surface area contributed by atoms with Crippen LogP contribution in [0.1, 0.15) is 77.0 Å². The number of anilines is 4. The van der Waals surface area contributed by atoms with E-state index in [9.17, 15) is 158 Å². The van der Waals surface area contributed by atoms with Crippen molar-refractivity contribution in [2.45, 2.75) is 208 Å². The number of hydrogen-bond donors (Lipinski definition) is 0. The van der Waals surface area contributed by atoms with Crippen molar-refractivity contribution >= 4 is 23.3 Å². The van der Waals surface area contributed by atoms with Crippen LogP contribution in [0.4, 0.5) is 216 Å². The Hall–Kier alpha value is -8.22. The van der Waals surface area contributed by atoms with E-state index < -0.39 is 265 Å². The van der Waals surface area contributed by atoms with Crippen molar-refractivity contribution in [1.82, 2.24) is 29.9 Å². The summed E-state index contributed by atoms with van der Waals surface area (Å²) in [6, 6.07) is -4.97. The normalized spacial score (nSPS) is 23.4. The van der Waals surface area contributed by atoms with E-state index in [0.29, 0.717) is 96.9 Å². The number of aromatic nitrogens is 6. The van der Waals surface area contributed by atoms with Crippen molar-refractivity contribution in [2.24, 2.45) is 35.5 Å². The standard InChI is InChI=1S/C64H50F44N8O6/c65-45(66,21-117-35-5-1-33(2-6-35)115(43-15-27-9-28(16-43)11-29(10-27)17-43)37-109-39(119-23-47(69,70)53(81,82)57(89,90)61(97,98)99)113-40(110-37)120-24-48(71,72)54(83,84)58(91,92)62(100,101)102)51(77,78)52(79,80)46(67,68)22-118-36-7-3-34(4-8-36)116(44-18-30-12-31(19-44)14-32(13-30)20-44)38-111-41(121-25-49(73,74)55(85,86)59(93,94)63(103,104)105)114-42(112-38)122-26-50(75,76)56(87,88)60(95,96)64(106,107)108/h1-8,27-32H,9-26H2. The first kappa shape index (κ1) is 96.0. The van der Waals surface area contributed by atoms with E-state index in [1.807, 2.05) is 0 Å². The fraction of sp³-hybridized carbons (Fsp3) is 0.719. The molecule has 8 saturated carbocycles. The van der Waals surface area contributed by atoms with Crippen LogP contribution in [0.3, 0.4) is 0 Å². The Morgan fingerprint density at radius 2 is 0.393 bits per heavy atom. The van der Waals surface area contributed by atoms with Crippen molar-refractivity contribution < 1.29 is 222 Å². The molecule has 122 heavy (non-hydrogen) atoms. The Morgan fingerprint density at radius 1 is 0.230 bits per heavy atom. The summed E-state index contributed by atoms with van der Waals surface area (Å²) in [5.74, 6) is -123. The minimum absolute atomic E-state index is 0.169. The van der Waals surface area contributed by atoms with Gasteiger partial charge in [-0.3, -0.25) is 0 Å². The highest BCUT2D eigenvalue weighted by Crippen LogP contribution is 2.65. The molecule has 12 rings (SSSR count). The highest BCUT2D eigenvalue weighted by molar-refractivity contribution is 5.64. The van der Waals surface area contributed by atoms with Crippen LogP contribution in [0, 0.1) is 35.5 Å². The maximum absolute atomic E-state index is 15.6. The molecule has 0 aliphatic heterocycles. The molecule has 8 aliphatic carbocycles. The summed E-state index contributed by atoms with van der Waals surface area (Å²) < 4.78 is 651. The first-order valence-corrected chi connectivity index (χ1v) is 34.3. The van der Waals surface area contributed by atoms with Crippen LogP contribution in [-0.2, 0) is 0 Å². The molecule has 0 amide bonds. The lowest BCUT2D eigenvalue weighted by Crippen LogP contribution is -2.65. The van der Waals surface area contributed by atoms with E-state index in [1.54, 1.807) is 0 Å². The molecule has 8 fully saturated rings. The number of rotatable bonds is 35. The van der Waals surface area contributed by atoms with Crippen LogP contribution in [0.25, 0.3) is 0 Å². The summed E-state index contributed by atoms with van der Waals surface area (Å²) >= 11 is 0. The topological polar surface area (TPSA) is 139 Å². The molecule has 2 aromatic carbocycles. The molecular weight excluding hydrogens is 1810 g/mol. The second kappa shape index (κ2) is 30.3. The lowest BCUT2D eigenvalue weighted by atomic mass is 9.52. The van der Waals surface area contributed by atoms with E-state index in [0.717, 1.165) is 0 Å². The van der Waals surface area contributed by atoms with E-state index in [1.165, 1.54) is 0 Å². The largest absolute Gasteiger partial charge is 0.487 e. The zero-order valence-electron chi connectivity index (χ0n) is 59.5. The number of halogens is 44. The molecule has 0 radical (unpaired) electrons. The van der Waals surface area contributed by atoms with Crippen molar-refractivity contribution in [3.63, 3.8) is 0 Å². The molecule has 0 unspecified atom stereocenters. The molecule has 2 heterocycles. The van der Waals surface area contributed by atoms with E-state index in [-0.39, 0.29) is 38.5 Å². The molecule has 690 valence electrons. The Kier molecular flexibility index (Phi) is 23.8. The summed E-state index contributed by atoms with van der Waals surface area (Å²) in [6.45, 7) is -20.0. The van der Waals surface area contributed by atoms with Gasteiger partial charge >= 0.3 is 144 Å². The number of alkyl halides is 44. The second-order valence-electron chi connectivity index (χ2n) is 30.0. The Balaban J connectivity index is 0.921. The Labute approximate surface area is 650 Å². The van der Waals surface area contributed by atoms with Gasteiger partial charge in [-0.25, -0.2) is 0 Å². The van der Waals surface area contributed by atoms with Gasteiger partial charge in [0.2, 0.25) is 11.9 Å². The summed E-state index contributed by atoms with van der Waals surface area (Å²) in [6.07, 6.45) is -28.8. The highest BCUT2D eigenvalue weighted by atomic mass is 19.5. The van der Waals surface area contributed by atoms with Gasteiger partial charge in [0.1, 0.15) is 11.5 Å². The third kappa shape index (κ3) is 16.4. The fourth-order valence-corrected chi connectivity index (χ4v) is 16.0. The van der Waals surface area contributed by atoms with Crippen LogP contribution in [0.2, 0.25) is 0 Å². The van der Waals surface area contributed by atoms with E-state index in [2.05, 4.69) is 58.3 Å². The summed E-state index contributed by atoms with van der Waals surface area (Å²) in [5, 5.41) is 0. The van der Waals surface area contributed by atoms with Crippen LogP contribution >= 0.6 is 0 Å². The molecule has 0 spiro atoms. The van der Waals surface area contributed by atoms with Gasteiger partial charge in [0.25, 0.3) is 0 Å². The van der Waals surface area contributed by atoms with Crippen molar-refractivity contribution in [3.8, 4) is 35.5 Å². The molecular formula is C64H50F44N8O6. The summed E-state index contributed by atoms with van der Waals surface area (Å²) in [4.78, 5) is 20.7. The van der Waals surface area contributed by atoms with Crippen molar-refractivity contribution in [1.29, 1.82) is 0 Å². The van der Waals surface area contributed by atoms with Crippen LogP contribution in [0.15, 0.2) is 48.5 Å². The van der Waals surface area contributed by atoms with Crippen molar-refractivity contribution in [3.05, 3.63) is 48.5 Å². The van der Waals surface area contributed by atoms with Crippen LogP contribution < -0.4 is 38.2 Å². The monoisotopic (exact) mass is 1860 g/mol. The van der Waals surface area contributed by atoms with E-state index in [4.69, 9.17) is 0 Å². The van der Waals surface area contributed by atoms with Gasteiger partial charge in [0, 0.05) is 22.5 Å². The lowest BCUT2D eigenvalue weighted by Gasteiger charge is -2.60. The predicted octanol–water partition coefficient (Wildman–Crippen LogP) is 21.7. The van der Waals surface area contributed by atoms with Crippen LogP contribution in [-0.4, -0.2) is 200 Å². The average Bonchev–Trinajstić information content (AvgIpc) is 0.718. The summed E-state index contributed by atoms with van der Waals surface area (Å²) in [7, 11) is 0. The number of benzene rings is 2. The highest BCUT2D eigenvalue weighted by Gasteiger charge is 2.87. The molecule has 8 bridgehead atoms. The minimum atomic E-state index is -7.66. The first-order chi connectivity index (χ1) is 54.9. The SMILES string of the molecule is FC(F)(F)C(F)(F)C(F)(F)C(F)(F)COc1nc(OCC(F)(F)C(F)(F)C(F)(F)C(F)(F)F)nc(N(c2ccc(OCC(F)(F)C(F)(F)C(F)(F)C(F)(F)COc3ccc(N(c4nc(OCC(F)(F)C(F)(F)C(F)(F)C(F)(F)F)nc(OCC(F)(F)C(F)(F)C(F)(F)C(F)(F)F)n4)C45CC6CC(CC(C6)C4)C5)cc3)cc2)C23CC4CC(CC(C4)C2)C3)n1. The van der Waals surface area contributed by atoms with Gasteiger partial charge in [0.15, 0.2) is 39.6 Å². The number of ether oxygens (including phenoxy) is 6. The first-order valence-electron chi connectivity index (χ1n) is 34.3. The molecule has 58 heteroatoms. The Bertz CT molecular complexity index is 3900. The minimum Gasteiger partial charge on any atom is -0.487 e. The maximum atomic E-state index is 15.6. The molecule has 0 N–H and O–H groups in total. The number of nitrogens with zero attached hydrogens (tertiary/aromatic N) is 8. The lowest BCUT2D eigenvalue weighted by molar-refractivity contribution is -0.398. The molecule has 14 nitrogen and oxygen atoms in total. The third-order valence-corrected chi connectivity index (χ3v) is 21.2. The molecule has 4 aromatic rings. The van der Waals surface area contributed by atoms with Crippen LogP contribution in [0.5, 0.6) is 35.5 Å². The molecule has 2 aromatic heterocycles. The Morgan fingerprint density at radius 3 is 0.566 bits per heavy atom. The second-order valence-corrected chi connectivity index (χ2v) is 30.0.